The quantitative estimate of drug-likeness (QED) is 0.706. The van der Waals surface area contributed by atoms with Crippen molar-refractivity contribution in [1.29, 1.82) is 0 Å². The summed E-state index contributed by atoms with van der Waals surface area (Å²) < 4.78 is 24.0. The van der Waals surface area contributed by atoms with Crippen molar-refractivity contribution in [2.24, 2.45) is 5.92 Å². The maximum atomic E-state index is 13.2. The van der Waals surface area contributed by atoms with Crippen molar-refractivity contribution in [1.82, 2.24) is 0 Å². The van der Waals surface area contributed by atoms with Crippen LogP contribution in [0.3, 0.4) is 0 Å². The highest BCUT2D eigenvalue weighted by Crippen LogP contribution is 2.26. The molecule has 3 atom stereocenters. The number of benzene rings is 1. The molecule has 0 amide bonds. The summed E-state index contributed by atoms with van der Waals surface area (Å²) in [5.41, 5.74) is 1.17. The Morgan fingerprint density at radius 1 is 1.16 bits per heavy atom. The van der Waals surface area contributed by atoms with Crippen molar-refractivity contribution in [2.45, 2.75) is 72.5 Å². The molecule has 0 N–H and O–H groups in total. The number of hydrogen-bond acceptors (Lipinski definition) is 4. The highest BCUT2D eigenvalue weighted by atomic mass is 19.1. The van der Waals surface area contributed by atoms with Crippen LogP contribution in [0.1, 0.15) is 65.0 Å². The Hall–Kier alpha value is -1.91. The molecule has 0 aliphatic carbocycles. The lowest BCUT2D eigenvalue weighted by Gasteiger charge is -2.24. The van der Waals surface area contributed by atoms with Crippen molar-refractivity contribution >= 4 is 11.9 Å². The standard InChI is InChI=1S/C20H29FO4/c1-12-10-16(21)8-9-17(12)14(3)15(4)24-19(23)13(2)11-18(22)25-20(5,6)7/h8-10,13-15H,11H2,1-7H3/t13-,14-,15-/m0/s1. The molecule has 0 spiro atoms. The minimum absolute atomic E-state index is 0.0211. The minimum Gasteiger partial charge on any atom is -0.462 e. The highest BCUT2D eigenvalue weighted by Gasteiger charge is 2.26. The fourth-order valence-electron chi connectivity index (χ4n) is 2.52. The van der Waals surface area contributed by atoms with Crippen molar-refractivity contribution in [3.05, 3.63) is 35.1 Å². The van der Waals surface area contributed by atoms with Gasteiger partial charge in [0.15, 0.2) is 0 Å². The predicted molar refractivity (Wildman–Crippen MR) is 94.7 cm³/mol. The summed E-state index contributed by atoms with van der Waals surface area (Å²) in [5, 5.41) is 0. The van der Waals surface area contributed by atoms with E-state index < -0.39 is 29.6 Å². The van der Waals surface area contributed by atoms with Gasteiger partial charge >= 0.3 is 11.9 Å². The summed E-state index contributed by atoms with van der Waals surface area (Å²) in [4.78, 5) is 24.1. The van der Waals surface area contributed by atoms with Crippen LogP contribution in [0.5, 0.6) is 0 Å². The SMILES string of the molecule is Cc1cc(F)ccc1[C@@H](C)[C@H](C)OC(=O)[C@@H](C)CC(=O)OC(C)(C)C. The average Bonchev–Trinajstić information content (AvgIpc) is 2.44. The smallest absolute Gasteiger partial charge is 0.309 e. The van der Waals surface area contributed by atoms with Crippen LogP contribution in [0.2, 0.25) is 0 Å². The van der Waals surface area contributed by atoms with Crippen LogP contribution in [-0.4, -0.2) is 23.6 Å². The Kier molecular flexibility index (Phi) is 7.15. The second kappa shape index (κ2) is 8.45. The van der Waals surface area contributed by atoms with E-state index in [-0.39, 0.29) is 18.2 Å². The van der Waals surface area contributed by atoms with E-state index in [0.717, 1.165) is 11.1 Å². The molecule has 0 saturated carbocycles. The zero-order chi connectivity index (χ0) is 19.4. The summed E-state index contributed by atoms with van der Waals surface area (Å²) in [6, 6.07) is 4.58. The number of aryl methyl sites for hydroxylation is 1. The second-order valence-corrected chi connectivity index (χ2v) is 7.62. The van der Waals surface area contributed by atoms with Gasteiger partial charge in [0.25, 0.3) is 0 Å². The topological polar surface area (TPSA) is 52.6 Å². The summed E-state index contributed by atoms with van der Waals surface area (Å²) in [6.07, 6.45) is -0.412. The van der Waals surface area contributed by atoms with Gasteiger partial charge in [-0.05, 0) is 57.9 Å². The zero-order valence-corrected chi connectivity index (χ0v) is 16.2. The third kappa shape index (κ3) is 6.85. The molecule has 0 heterocycles. The van der Waals surface area contributed by atoms with Gasteiger partial charge in [-0.15, -0.1) is 0 Å². The van der Waals surface area contributed by atoms with E-state index in [4.69, 9.17) is 9.47 Å². The summed E-state index contributed by atoms with van der Waals surface area (Å²) >= 11 is 0. The van der Waals surface area contributed by atoms with Gasteiger partial charge in [-0.1, -0.05) is 19.9 Å². The summed E-state index contributed by atoms with van der Waals surface area (Å²) in [7, 11) is 0. The van der Waals surface area contributed by atoms with Gasteiger partial charge in [0.05, 0.1) is 12.3 Å². The van der Waals surface area contributed by atoms with E-state index in [1.807, 2.05) is 13.8 Å². The van der Waals surface area contributed by atoms with E-state index in [1.54, 1.807) is 40.7 Å². The average molecular weight is 352 g/mol. The van der Waals surface area contributed by atoms with Gasteiger partial charge in [0.2, 0.25) is 0 Å². The van der Waals surface area contributed by atoms with Crippen molar-refractivity contribution in [3.8, 4) is 0 Å². The number of hydrogen-bond donors (Lipinski definition) is 0. The fourth-order valence-corrected chi connectivity index (χ4v) is 2.52. The van der Waals surface area contributed by atoms with E-state index >= 15 is 0 Å². The lowest BCUT2D eigenvalue weighted by molar-refractivity contribution is -0.163. The molecule has 5 heteroatoms. The highest BCUT2D eigenvalue weighted by molar-refractivity contribution is 5.79. The normalized spacial score (nSPS) is 15.2. The molecule has 140 valence electrons. The van der Waals surface area contributed by atoms with Crippen LogP contribution in [0.25, 0.3) is 0 Å². The monoisotopic (exact) mass is 352 g/mol. The molecule has 1 aromatic carbocycles. The molecule has 0 bridgehead atoms. The Balaban J connectivity index is 2.64. The van der Waals surface area contributed by atoms with Gasteiger partial charge in [-0.2, -0.15) is 0 Å². The second-order valence-electron chi connectivity index (χ2n) is 7.62. The molecule has 0 fully saturated rings. The number of ether oxygens (including phenoxy) is 2. The molecule has 0 aromatic heterocycles. The number of carbonyl (C=O) groups is 2. The first-order chi connectivity index (χ1) is 11.4. The molecular formula is C20H29FO4. The molecular weight excluding hydrogens is 323 g/mol. The predicted octanol–water partition coefficient (Wildman–Crippen LogP) is 4.54. The Morgan fingerprint density at radius 2 is 1.76 bits per heavy atom. The zero-order valence-electron chi connectivity index (χ0n) is 16.2. The van der Waals surface area contributed by atoms with Crippen LogP contribution in [-0.2, 0) is 19.1 Å². The van der Waals surface area contributed by atoms with Crippen LogP contribution in [0.4, 0.5) is 4.39 Å². The summed E-state index contributed by atoms with van der Waals surface area (Å²) in [5.74, 6) is -1.82. The molecule has 25 heavy (non-hydrogen) atoms. The third-order valence-corrected chi connectivity index (χ3v) is 4.02. The molecule has 1 aromatic rings. The maximum Gasteiger partial charge on any atom is 0.309 e. The number of rotatable bonds is 6. The molecule has 4 nitrogen and oxygen atoms in total. The van der Waals surface area contributed by atoms with Gasteiger partial charge < -0.3 is 9.47 Å². The number of halogens is 1. The Bertz CT molecular complexity index is 619. The van der Waals surface area contributed by atoms with Gasteiger partial charge in [0.1, 0.15) is 17.5 Å². The molecule has 0 saturated heterocycles. The van der Waals surface area contributed by atoms with E-state index in [1.165, 1.54) is 12.1 Å². The molecule has 0 aliphatic rings. The molecule has 0 aliphatic heterocycles. The van der Waals surface area contributed by atoms with Gasteiger partial charge in [-0.3, -0.25) is 9.59 Å². The van der Waals surface area contributed by atoms with Crippen LogP contribution in [0, 0.1) is 18.7 Å². The van der Waals surface area contributed by atoms with Crippen molar-refractivity contribution in [3.63, 3.8) is 0 Å². The molecule has 0 unspecified atom stereocenters. The first kappa shape index (κ1) is 21.1. The van der Waals surface area contributed by atoms with Gasteiger partial charge in [0, 0.05) is 5.92 Å². The lowest BCUT2D eigenvalue weighted by atomic mass is 9.92. The lowest BCUT2D eigenvalue weighted by Crippen LogP contribution is -2.29. The number of carbonyl (C=O) groups excluding carboxylic acids is 2. The first-order valence-electron chi connectivity index (χ1n) is 8.59. The van der Waals surface area contributed by atoms with Crippen LogP contribution < -0.4 is 0 Å². The Morgan fingerprint density at radius 3 is 2.28 bits per heavy atom. The van der Waals surface area contributed by atoms with E-state index in [2.05, 4.69) is 0 Å². The largest absolute Gasteiger partial charge is 0.462 e. The Labute approximate surface area is 149 Å². The van der Waals surface area contributed by atoms with Crippen LogP contribution in [0.15, 0.2) is 18.2 Å². The van der Waals surface area contributed by atoms with Gasteiger partial charge in [-0.25, -0.2) is 4.39 Å². The maximum absolute atomic E-state index is 13.2. The third-order valence-electron chi connectivity index (χ3n) is 4.02. The first-order valence-corrected chi connectivity index (χ1v) is 8.59. The number of esters is 2. The van der Waals surface area contributed by atoms with Crippen molar-refractivity contribution in [2.75, 3.05) is 0 Å². The minimum atomic E-state index is -0.584. The molecule has 0 radical (unpaired) electrons. The van der Waals surface area contributed by atoms with Crippen LogP contribution >= 0.6 is 0 Å². The molecule has 1 rings (SSSR count). The fraction of sp³-hybridized carbons (Fsp3) is 0.600. The van der Waals surface area contributed by atoms with E-state index in [0.29, 0.717) is 0 Å². The summed E-state index contributed by atoms with van der Waals surface area (Å²) in [6.45, 7) is 12.5. The van der Waals surface area contributed by atoms with Crippen molar-refractivity contribution < 1.29 is 23.5 Å². The van der Waals surface area contributed by atoms with E-state index in [9.17, 15) is 14.0 Å².